The molecule has 1 heterocycles. The van der Waals surface area contributed by atoms with E-state index in [1.54, 1.807) is 18.4 Å². The van der Waals surface area contributed by atoms with Gasteiger partial charge in [0.1, 0.15) is 10.8 Å². The van der Waals surface area contributed by atoms with Crippen LogP contribution in [0.15, 0.2) is 46.9 Å². The number of aliphatic carboxylic acids is 1. The number of methoxy groups -OCH3 is 1. The molecule has 4 nitrogen and oxygen atoms in total. The number of carbonyl (C=O) groups is 1. The van der Waals surface area contributed by atoms with Crippen LogP contribution in [0, 0.1) is 0 Å². The fourth-order valence-corrected chi connectivity index (χ4v) is 3.89. The Hall–Kier alpha value is -2.18. The molecule has 1 N–H and O–H groups in total. The van der Waals surface area contributed by atoms with Crippen molar-refractivity contribution in [3.8, 4) is 5.75 Å². The number of fused-ring (bicyclic) bond motifs is 1. The number of halogens is 1. The molecule has 3 aromatic rings. The van der Waals surface area contributed by atoms with Gasteiger partial charge in [0, 0.05) is 16.5 Å². The monoisotopic (exact) mass is 417 g/mol. The molecular formula is C19H16BrNO3S. The van der Waals surface area contributed by atoms with Crippen LogP contribution in [-0.2, 0) is 4.79 Å². The van der Waals surface area contributed by atoms with E-state index >= 15 is 0 Å². The first-order valence-electron chi connectivity index (χ1n) is 7.68. The molecule has 0 radical (unpaired) electrons. The molecule has 0 fully saturated rings. The minimum absolute atomic E-state index is 0.0536. The van der Waals surface area contributed by atoms with Crippen LogP contribution in [0.2, 0.25) is 0 Å². The number of hydrogen-bond donors (Lipinski definition) is 1. The van der Waals surface area contributed by atoms with E-state index in [0.29, 0.717) is 6.42 Å². The van der Waals surface area contributed by atoms with Crippen LogP contribution >= 0.6 is 27.3 Å². The van der Waals surface area contributed by atoms with Gasteiger partial charge in [-0.05, 0) is 48.4 Å². The van der Waals surface area contributed by atoms with E-state index in [4.69, 9.17) is 9.84 Å². The summed E-state index contributed by atoms with van der Waals surface area (Å²) in [4.78, 5) is 15.7. The molecule has 0 spiro atoms. The van der Waals surface area contributed by atoms with Gasteiger partial charge in [0.15, 0.2) is 0 Å². The van der Waals surface area contributed by atoms with E-state index in [1.165, 1.54) is 0 Å². The lowest BCUT2D eigenvalue weighted by Gasteiger charge is -2.08. The fraction of sp³-hybridized carbons (Fsp3) is 0.158. The van der Waals surface area contributed by atoms with Crippen LogP contribution in [-0.4, -0.2) is 23.2 Å². The number of ether oxygens (including phenoxy) is 1. The van der Waals surface area contributed by atoms with Crippen molar-refractivity contribution >= 4 is 55.1 Å². The Bertz CT molecular complexity index is 916. The minimum atomic E-state index is -0.826. The lowest BCUT2D eigenvalue weighted by Crippen LogP contribution is -1.96. The summed E-state index contributed by atoms with van der Waals surface area (Å²) in [5.41, 5.74) is 2.70. The number of thiazole rings is 1. The van der Waals surface area contributed by atoms with Crippen molar-refractivity contribution < 1.29 is 14.6 Å². The van der Waals surface area contributed by atoms with Gasteiger partial charge in [-0.3, -0.25) is 4.79 Å². The molecule has 0 atom stereocenters. The van der Waals surface area contributed by atoms with Crippen LogP contribution in [0.3, 0.4) is 0 Å². The van der Waals surface area contributed by atoms with Crippen LogP contribution in [0.25, 0.3) is 21.9 Å². The zero-order valence-electron chi connectivity index (χ0n) is 13.5. The predicted octanol–water partition coefficient (Wildman–Crippen LogP) is 5.47. The lowest BCUT2D eigenvalue weighted by molar-refractivity contribution is -0.136. The minimum Gasteiger partial charge on any atom is -0.496 e. The summed E-state index contributed by atoms with van der Waals surface area (Å²) in [5.74, 6) is -0.0923. The summed E-state index contributed by atoms with van der Waals surface area (Å²) in [6, 6.07) is 13.6. The van der Waals surface area contributed by atoms with Gasteiger partial charge in [-0.1, -0.05) is 28.1 Å². The zero-order chi connectivity index (χ0) is 17.8. The van der Waals surface area contributed by atoms with Crippen molar-refractivity contribution in [1.29, 1.82) is 0 Å². The molecule has 0 aliphatic carbocycles. The third-order valence-electron chi connectivity index (χ3n) is 3.70. The number of para-hydroxylation sites is 1. The molecule has 3 rings (SSSR count). The molecule has 0 aliphatic rings. The maximum Gasteiger partial charge on any atom is 0.303 e. The molecule has 1 aromatic heterocycles. The highest BCUT2D eigenvalue weighted by molar-refractivity contribution is 9.10. The molecule has 0 saturated carbocycles. The highest BCUT2D eigenvalue weighted by Crippen LogP contribution is 2.33. The van der Waals surface area contributed by atoms with Crippen molar-refractivity contribution in [2.45, 2.75) is 12.8 Å². The molecule has 6 heteroatoms. The van der Waals surface area contributed by atoms with Gasteiger partial charge in [-0.2, -0.15) is 0 Å². The molecule has 2 aromatic carbocycles. The summed E-state index contributed by atoms with van der Waals surface area (Å²) >= 11 is 5.04. The first kappa shape index (κ1) is 17.6. The fourth-order valence-electron chi connectivity index (χ4n) is 2.50. The van der Waals surface area contributed by atoms with E-state index in [1.807, 2.05) is 48.5 Å². The molecule has 25 heavy (non-hydrogen) atoms. The predicted molar refractivity (Wildman–Crippen MR) is 105 cm³/mol. The van der Waals surface area contributed by atoms with E-state index < -0.39 is 5.97 Å². The Morgan fingerprint density at radius 1 is 1.28 bits per heavy atom. The van der Waals surface area contributed by atoms with Crippen molar-refractivity contribution in [1.82, 2.24) is 4.98 Å². The molecule has 0 unspecified atom stereocenters. The van der Waals surface area contributed by atoms with Gasteiger partial charge in [-0.25, -0.2) is 4.98 Å². The van der Waals surface area contributed by atoms with Gasteiger partial charge < -0.3 is 9.84 Å². The molecule has 128 valence electrons. The Balaban J connectivity index is 2.08. The average Bonchev–Trinajstić information content (AvgIpc) is 3.02. The molecular weight excluding hydrogens is 402 g/mol. The first-order chi connectivity index (χ1) is 12.1. The number of carboxylic acids is 1. The van der Waals surface area contributed by atoms with Crippen LogP contribution in [0.5, 0.6) is 5.75 Å². The van der Waals surface area contributed by atoms with Gasteiger partial charge in [-0.15, -0.1) is 11.3 Å². The summed E-state index contributed by atoms with van der Waals surface area (Å²) in [6.07, 6.45) is 2.42. The summed E-state index contributed by atoms with van der Waals surface area (Å²) in [5, 5.41) is 9.92. The first-order valence-corrected chi connectivity index (χ1v) is 9.29. The SMILES string of the molecule is COc1ccc(Br)cc1/C=C(\CCC(=O)O)c1nc2ccccc2s1. The van der Waals surface area contributed by atoms with Crippen molar-refractivity contribution in [3.05, 3.63) is 57.5 Å². The second-order valence-electron chi connectivity index (χ2n) is 5.44. The van der Waals surface area contributed by atoms with Crippen molar-refractivity contribution in [2.24, 2.45) is 0 Å². The maximum absolute atomic E-state index is 11.1. The van der Waals surface area contributed by atoms with Gasteiger partial charge in [0.2, 0.25) is 0 Å². The summed E-state index contributed by atoms with van der Waals surface area (Å²) in [6.45, 7) is 0. The number of aromatic nitrogens is 1. The second kappa shape index (κ2) is 7.80. The number of carboxylic acid groups (broad SMARTS) is 1. The topological polar surface area (TPSA) is 59.4 Å². The Morgan fingerprint density at radius 3 is 2.80 bits per heavy atom. The highest BCUT2D eigenvalue weighted by Gasteiger charge is 2.12. The van der Waals surface area contributed by atoms with E-state index in [0.717, 1.165) is 36.6 Å². The van der Waals surface area contributed by atoms with Crippen LogP contribution in [0.4, 0.5) is 0 Å². The Morgan fingerprint density at radius 2 is 2.08 bits per heavy atom. The highest BCUT2D eigenvalue weighted by atomic mass is 79.9. The average molecular weight is 418 g/mol. The molecule has 0 amide bonds. The Kier molecular flexibility index (Phi) is 5.50. The molecule has 0 bridgehead atoms. The molecule has 0 aliphatic heterocycles. The van der Waals surface area contributed by atoms with Crippen LogP contribution < -0.4 is 4.74 Å². The third-order valence-corrected chi connectivity index (χ3v) is 5.30. The summed E-state index contributed by atoms with van der Waals surface area (Å²) in [7, 11) is 1.62. The smallest absolute Gasteiger partial charge is 0.303 e. The zero-order valence-corrected chi connectivity index (χ0v) is 15.9. The summed E-state index contributed by atoms with van der Waals surface area (Å²) < 4.78 is 7.44. The van der Waals surface area contributed by atoms with Gasteiger partial charge in [0.25, 0.3) is 0 Å². The van der Waals surface area contributed by atoms with Crippen molar-refractivity contribution in [2.75, 3.05) is 7.11 Å². The number of hydrogen-bond acceptors (Lipinski definition) is 4. The van der Waals surface area contributed by atoms with E-state index in [2.05, 4.69) is 20.9 Å². The lowest BCUT2D eigenvalue weighted by atomic mass is 10.1. The second-order valence-corrected chi connectivity index (χ2v) is 7.38. The number of allylic oxidation sites excluding steroid dienone is 1. The van der Waals surface area contributed by atoms with Crippen LogP contribution in [0.1, 0.15) is 23.4 Å². The van der Waals surface area contributed by atoms with Gasteiger partial charge >= 0.3 is 5.97 Å². The molecule has 0 saturated heterocycles. The largest absolute Gasteiger partial charge is 0.496 e. The normalized spacial score (nSPS) is 11.7. The maximum atomic E-state index is 11.1. The third kappa shape index (κ3) is 4.27. The number of nitrogens with zero attached hydrogens (tertiary/aromatic N) is 1. The number of benzene rings is 2. The quantitative estimate of drug-likeness (QED) is 0.577. The Labute approximate surface area is 157 Å². The van der Waals surface area contributed by atoms with Crippen molar-refractivity contribution in [3.63, 3.8) is 0 Å². The van der Waals surface area contributed by atoms with E-state index in [9.17, 15) is 4.79 Å². The standard InChI is InChI=1S/C19H16BrNO3S/c1-24-16-8-7-14(20)11-13(16)10-12(6-9-18(22)23)19-21-15-4-2-3-5-17(15)25-19/h2-5,7-8,10-11H,6,9H2,1H3,(H,22,23)/b12-10+. The van der Waals surface area contributed by atoms with E-state index in [-0.39, 0.29) is 6.42 Å². The number of rotatable bonds is 6. The van der Waals surface area contributed by atoms with Gasteiger partial charge in [0.05, 0.1) is 17.3 Å².